The average molecular weight is 432 g/mol. The number of carbonyl (C=O) groups is 3. The first-order chi connectivity index (χ1) is 15.4. The van der Waals surface area contributed by atoms with Gasteiger partial charge in [-0.2, -0.15) is 0 Å². The molecule has 32 heavy (non-hydrogen) atoms. The molecule has 3 aromatic rings. The Morgan fingerprint density at radius 2 is 1.41 bits per heavy atom. The van der Waals surface area contributed by atoms with Crippen LogP contribution >= 0.6 is 0 Å². The zero-order valence-electron chi connectivity index (χ0n) is 17.8. The lowest BCUT2D eigenvalue weighted by Gasteiger charge is -2.15. The molecule has 7 nitrogen and oxygen atoms in total. The summed E-state index contributed by atoms with van der Waals surface area (Å²) in [5.74, 6) is -0.941. The number of carbonyl (C=O) groups excluding carboxylic acids is 3. The average Bonchev–Trinajstić information content (AvgIpc) is 2.79. The van der Waals surface area contributed by atoms with Crippen LogP contribution < -0.4 is 15.4 Å². The molecule has 2 amide bonds. The van der Waals surface area contributed by atoms with Crippen LogP contribution in [0, 0.1) is 0 Å². The molecule has 1 unspecified atom stereocenters. The summed E-state index contributed by atoms with van der Waals surface area (Å²) >= 11 is 0. The minimum absolute atomic E-state index is 0.185. The van der Waals surface area contributed by atoms with Gasteiger partial charge >= 0.3 is 5.97 Å². The van der Waals surface area contributed by atoms with Crippen LogP contribution in [0.2, 0.25) is 0 Å². The predicted octanol–water partition coefficient (Wildman–Crippen LogP) is 4.41. The molecule has 3 aromatic carbocycles. The molecule has 2 N–H and O–H groups in total. The van der Waals surface area contributed by atoms with Crippen molar-refractivity contribution in [3.63, 3.8) is 0 Å². The van der Waals surface area contributed by atoms with Crippen molar-refractivity contribution in [2.45, 2.75) is 26.6 Å². The third kappa shape index (κ3) is 6.43. The lowest BCUT2D eigenvalue weighted by molar-refractivity contribution is -0.123. The fourth-order valence-electron chi connectivity index (χ4n) is 2.86. The maximum absolute atomic E-state index is 12.7. The van der Waals surface area contributed by atoms with E-state index in [9.17, 15) is 14.4 Å². The fraction of sp³-hybridized carbons (Fsp3) is 0.160. The van der Waals surface area contributed by atoms with Gasteiger partial charge in [0.25, 0.3) is 5.91 Å². The van der Waals surface area contributed by atoms with Gasteiger partial charge in [0.05, 0.1) is 0 Å². The first-order valence-electron chi connectivity index (χ1n) is 10.1. The second-order valence-electron chi connectivity index (χ2n) is 7.07. The topological polar surface area (TPSA) is 93.7 Å². The Kier molecular flexibility index (Phi) is 7.59. The van der Waals surface area contributed by atoms with Crippen molar-refractivity contribution in [2.24, 2.45) is 0 Å². The Balaban J connectivity index is 1.59. The number of rotatable bonds is 8. The van der Waals surface area contributed by atoms with E-state index in [1.807, 2.05) is 30.3 Å². The van der Waals surface area contributed by atoms with E-state index in [2.05, 4.69) is 10.6 Å². The largest absolute Gasteiger partial charge is 0.488 e. The van der Waals surface area contributed by atoms with Gasteiger partial charge in [0.15, 0.2) is 6.10 Å². The quantitative estimate of drug-likeness (QED) is 0.515. The highest BCUT2D eigenvalue weighted by atomic mass is 16.5. The van der Waals surface area contributed by atoms with E-state index in [1.54, 1.807) is 48.5 Å². The smallest absolute Gasteiger partial charge is 0.342 e. The zero-order chi connectivity index (χ0) is 22.9. The molecular weight excluding hydrogens is 408 g/mol. The minimum Gasteiger partial charge on any atom is -0.488 e. The Morgan fingerprint density at radius 1 is 0.812 bits per heavy atom. The summed E-state index contributed by atoms with van der Waals surface area (Å²) in [6.45, 7) is 3.21. The fourth-order valence-corrected chi connectivity index (χ4v) is 2.86. The Labute approximate surface area is 186 Å². The normalized spacial score (nSPS) is 11.2. The monoisotopic (exact) mass is 432 g/mol. The minimum atomic E-state index is -1.03. The second kappa shape index (κ2) is 10.8. The SMILES string of the molecule is CC(=O)Nc1ccc(NC(=O)C(C)OC(=O)c2ccccc2OCc2ccccc2)cc1. The van der Waals surface area contributed by atoms with E-state index in [1.165, 1.54) is 13.8 Å². The van der Waals surface area contributed by atoms with Crippen molar-refractivity contribution < 1.29 is 23.9 Å². The van der Waals surface area contributed by atoms with E-state index in [0.29, 0.717) is 23.7 Å². The van der Waals surface area contributed by atoms with Crippen molar-refractivity contribution in [1.29, 1.82) is 0 Å². The van der Waals surface area contributed by atoms with Gasteiger partial charge in [-0.25, -0.2) is 4.79 Å². The number of anilines is 2. The van der Waals surface area contributed by atoms with Crippen LogP contribution in [0.25, 0.3) is 0 Å². The number of ether oxygens (including phenoxy) is 2. The maximum Gasteiger partial charge on any atom is 0.342 e. The molecule has 0 saturated heterocycles. The lowest BCUT2D eigenvalue weighted by Crippen LogP contribution is -2.30. The molecule has 0 aliphatic rings. The van der Waals surface area contributed by atoms with Crippen LogP contribution in [-0.2, 0) is 20.9 Å². The van der Waals surface area contributed by atoms with Gasteiger partial charge in [-0.3, -0.25) is 9.59 Å². The van der Waals surface area contributed by atoms with Crippen molar-refractivity contribution in [3.05, 3.63) is 90.0 Å². The Morgan fingerprint density at radius 3 is 2.06 bits per heavy atom. The maximum atomic E-state index is 12.7. The summed E-state index contributed by atoms with van der Waals surface area (Å²) in [5, 5.41) is 5.33. The number of hydrogen-bond acceptors (Lipinski definition) is 5. The molecular formula is C25H24N2O5. The van der Waals surface area contributed by atoms with Crippen molar-refractivity contribution in [1.82, 2.24) is 0 Å². The highest BCUT2D eigenvalue weighted by Gasteiger charge is 2.21. The molecule has 3 rings (SSSR count). The third-order valence-corrected chi connectivity index (χ3v) is 4.47. The van der Waals surface area contributed by atoms with Crippen LogP contribution in [-0.4, -0.2) is 23.9 Å². The molecule has 1 atom stereocenters. The molecule has 0 radical (unpaired) electrons. The zero-order valence-corrected chi connectivity index (χ0v) is 17.8. The highest BCUT2D eigenvalue weighted by molar-refractivity contribution is 5.98. The second-order valence-corrected chi connectivity index (χ2v) is 7.07. The molecule has 164 valence electrons. The number of amides is 2. The van der Waals surface area contributed by atoms with E-state index >= 15 is 0 Å². The van der Waals surface area contributed by atoms with E-state index in [4.69, 9.17) is 9.47 Å². The van der Waals surface area contributed by atoms with Crippen molar-refractivity contribution >= 4 is 29.2 Å². The highest BCUT2D eigenvalue weighted by Crippen LogP contribution is 2.21. The van der Waals surface area contributed by atoms with Crippen molar-refractivity contribution in [2.75, 3.05) is 10.6 Å². The first kappa shape index (κ1) is 22.6. The van der Waals surface area contributed by atoms with Gasteiger partial charge in [-0.1, -0.05) is 42.5 Å². The molecule has 0 heterocycles. The van der Waals surface area contributed by atoms with Gasteiger partial charge < -0.3 is 20.1 Å². The van der Waals surface area contributed by atoms with Crippen LogP contribution in [0.3, 0.4) is 0 Å². The van der Waals surface area contributed by atoms with E-state index in [0.717, 1.165) is 5.56 Å². The Bertz CT molecular complexity index is 1080. The number of benzene rings is 3. The van der Waals surface area contributed by atoms with E-state index in [-0.39, 0.29) is 11.5 Å². The molecule has 0 saturated carbocycles. The standard InChI is InChI=1S/C25H24N2O5/c1-17(24(29)27-21-14-12-20(13-15-21)26-18(2)28)32-25(30)22-10-6-7-11-23(22)31-16-19-8-4-3-5-9-19/h3-15,17H,16H2,1-2H3,(H,26,28)(H,27,29). The number of esters is 1. The predicted molar refractivity (Wildman–Crippen MR) is 121 cm³/mol. The summed E-state index contributed by atoms with van der Waals surface area (Å²) in [4.78, 5) is 36.2. The molecule has 0 aliphatic carbocycles. The molecule has 0 spiro atoms. The molecule has 0 fully saturated rings. The molecule has 0 bridgehead atoms. The van der Waals surface area contributed by atoms with Gasteiger partial charge in [0.1, 0.15) is 17.9 Å². The van der Waals surface area contributed by atoms with Crippen LogP contribution in [0.15, 0.2) is 78.9 Å². The Hall–Kier alpha value is -4.13. The first-order valence-corrected chi connectivity index (χ1v) is 10.1. The number of nitrogens with one attached hydrogen (secondary N) is 2. The van der Waals surface area contributed by atoms with Gasteiger partial charge in [0.2, 0.25) is 5.91 Å². The molecule has 0 aliphatic heterocycles. The molecule has 0 aromatic heterocycles. The molecule has 7 heteroatoms. The number of hydrogen-bond donors (Lipinski definition) is 2. The van der Waals surface area contributed by atoms with Crippen LogP contribution in [0.4, 0.5) is 11.4 Å². The number of para-hydroxylation sites is 1. The van der Waals surface area contributed by atoms with Gasteiger partial charge in [-0.05, 0) is 48.9 Å². The van der Waals surface area contributed by atoms with Gasteiger partial charge in [0, 0.05) is 18.3 Å². The lowest BCUT2D eigenvalue weighted by atomic mass is 10.2. The summed E-state index contributed by atoms with van der Waals surface area (Å²) < 4.78 is 11.1. The summed E-state index contributed by atoms with van der Waals surface area (Å²) in [6, 6.07) is 22.9. The summed E-state index contributed by atoms with van der Waals surface area (Å²) in [7, 11) is 0. The van der Waals surface area contributed by atoms with Crippen LogP contribution in [0.1, 0.15) is 29.8 Å². The van der Waals surface area contributed by atoms with Gasteiger partial charge in [-0.15, -0.1) is 0 Å². The summed E-state index contributed by atoms with van der Waals surface area (Å²) in [5.41, 5.74) is 2.33. The summed E-state index contributed by atoms with van der Waals surface area (Å²) in [6.07, 6.45) is -1.03. The van der Waals surface area contributed by atoms with Crippen molar-refractivity contribution in [3.8, 4) is 5.75 Å². The third-order valence-electron chi connectivity index (χ3n) is 4.47. The van der Waals surface area contributed by atoms with E-state index < -0.39 is 18.0 Å². The van der Waals surface area contributed by atoms with Crippen LogP contribution in [0.5, 0.6) is 5.75 Å².